The van der Waals surface area contributed by atoms with Gasteiger partial charge in [-0.15, -0.1) is 0 Å². The summed E-state index contributed by atoms with van der Waals surface area (Å²) >= 11 is 0. The van der Waals surface area contributed by atoms with E-state index < -0.39 is 19.1 Å². The SMILES string of the molecule is [2H]C([2H])([2H])C1(C([2H])([2H])[2H])c2ccccc2-c2ccc(-c3c4ccccc4c(-c4ccc(-n5c(-c6ccccc6)nc6ccccc65)cc4)c4ccccc34)cc21. The Balaban J connectivity index is 1.18. The van der Waals surface area contributed by atoms with E-state index in [1.165, 1.54) is 0 Å². The standard InChI is InChI=1S/C48H34N2/c1-48(2)41-21-11-10-16-35(41)36-29-26-33(30-42(36)48)46-39-19-8-6-17-37(39)45(38-18-7-9-20-40(38)46)31-24-27-34(28-25-31)50-44-23-13-12-22-43(44)49-47(50)32-14-4-3-5-15-32/h3-30H,1-2H3/i1D3,2D3. The van der Waals surface area contributed by atoms with Crippen LogP contribution in [0.2, 0.25) is 0 Å². The quantitative estimate of drug-likeness (QED) is 0.174. The molecule has 0 amide bonds. The molecule has 0 spiro atoms. The number of benzene rings is 8. The number of nitrogens with zero attached hydrogens (tertiary/aromatic N) is 2. The van der Waals surface area contributed by atoms with Gasteiger partial charge in [0.15, 0.2) is 0 Å². The minimum Gasteiger partial charge on any atom is -0.292 e. The molecular formula is C48H34N2. The zero-order valence-electron chi connectivity index (χ0n) is 33.1. The second kappa shape index (κ2) is 10.9. The van der Waals surface area contributed by atoms with Gasteiger partial charge in [-0.3, -0.25) is 4.57 Å². The molecule has 0 bridgehead atoms. The Labute approximate surface area is 300 Å². The molecule has 0 atom stereocenters. The topological polar surface area (TPSA) is 17.8 Å². The van der Waals surface area contributed by atoms with Gasteiger partial charge in [-0.25, -0.2) is 4.98 Å². The molecule has 9 aromatic rings. The van der Waals surface area contributed by atoms with E-state index in [-0.39, 0.29) is 0 Å². The Bertz CT molecular complexity index is 2920. The highest BCUT2D eigenvalue weighted by Crippen LogP contribution is 2.51. The van der Waals surface area contributed by atoms with Gasteiger partial charge in [-0.05, 0) is 96.4 Å². The minimum atomic E-state index is -2.84. The molecule has 0 fully saturated rings. The van der Waals surface area contributed by atoms with Crippen LogP contribution in [0, 0.1) is 0 Å². The summed E-state index contributed by atoms with van der Waals surface area (Å²) in [6.07, 6.45) is 0. The van der Waals surface area contributed by atoms with E-state index in [0.717, 1.165) is 71.9 Å². The van der Waals surface area contributed by atoms with Crippen LogP contribution in [0.25, 0.3) is 83.0 Å². The molecule has 0 saturated carbocycles. The summed E-state index contributed by atoms with van der Waals surface area (Å²) in [6, 6.07) is 56.4. The van der Waals surface area contributed by atoms with E-state index in [0.29, 0.717) is 22.3 Å². The largest absolute Gasteiger partial charge is 0.292 e. The third kappa shape index (κ3) is 4.18. The molecule has 2 nitrogen and oxygen atoms in total. The molecule has 8 aromatic carbocycles. The van der Waals surface area contributed by atoms with Crippen molar-refractivity contribution >= 4 is 32.6 Å². The Morgan fingerprint density at radius 3 is 1.74 bits per heavy atom. The fourth-order valence-corrected chi connectivity index (χ4v) is 8.03. The average molecular weight is 645 g/mol. The fourth-order valence-electron chi connectivity index (χ4n) is 8.03. The van der Waals surface area contributed by atoms with Crippen LogP contribution in [0.15, 0.2) is 170 Å². The predicted molar refractivity (Wildman–Crippen MR) is 210 cm³/mol. The first kappa shape index (κ1) is 23.2. The summed E-state index contributed by atoms with van der Waals surface area (Å²) in [6.45, 7) is -5.69. The number of aromatic nitrogens is 2. The van der Waals surface area contributed by atoms with Gasteiger partial charge in [0.2, 0.25) is 0 Å². The lowest BCUT2D eigenvalue weighted by Crippen LogP contribution is -2.14. The average Bonchev–Trinajstić information content (AvgIpc) is 3.75. The summed E-state index contributed by atoms with van der Waals surface area (Å²) in [5.41, 5.74) is 7.54. The van der Waals surface area contributed by atoms with Crippen LogP contribution in [0.1, 0.15) is 33.1 Å². The van der Waals surface area contributed by atoms with Gasteiger partial charge in [-0.2, -0.15) is 0 Å². The highest BCUT2D eigenvalue weighted by Gasteiger charge is 2.35. The Kier molecular flexibility index (Phi) is 5.04. The highest BCUT2D eigenvalue weighted by molar-refractivity contribution is 6.21. The molecule has 0 saturated heterocycles. The second-order valence-corrected chi connectivity index (χ2v) is 13.1. The molecule has 1 aromatic heterocycles. The van der Waals surface area contributed by atoms with Crippen LogP contribution >= 0.6 is 0 Å². The Morgan fingerprint density at radius 1 is 0.480 bits per heavy atom. The Hall–Kier alpha value is -6.25. The number of para-hydroxylation sites is 2. The predicted octanol–water partition coefficient (Wildman–Crippen LogP) is 12.6. The first-order valence-electron chi connectivity index (χ1n) is 19.9. The van der Waals surface area contributed by atoms with E-state index in [1.54, 1.807) is 12.1 Å². The highest BCUT2D eigenvalue weighted by atomic mass is 15.1. The van der Waals surface area contributed by atoms with Gasteiger partial charge in [0, 0.05) is 24.9 Å². The first-order chi connectivity index (χ1) is 27.1. The van der Waals surface area contributed by atoms with Crippen molar-refractivity contribution in [3.8, 4) is 50.5 Å². The molecule has 2 heteroatoms. The zero-order valence-corrected chi connectivity index (χ0v) is 27.1. The molecule has 0 aliphatic heterocycles. The van der Waals surface area contributed by atoms with Crippen LogP contribution in [-0.4, -0.2) is 9.55 Å². The van der Waals surface area contributed by atoms with Crippen molar-refractivity contribution in [3.63, 3.8) is 0 Å². The van der Waals surface area contributed by atoms with Crippen molar-refractivity contribution in [3.05, 3.63) is 181 Å². The van der Waals surface area contributed by atoms with Gasteiger partial charge in [-0.1, -0.05) is 153 Å². The van der Waals surface area contributed by atoms with Gasteiger partial charge < -0.3 is 0 Å². The summed E-state index contributed by atoms with van der Waals surface area (Å²) < 4.78 is 54.9. The first-order valence-corrected chi connectivity index (χ1v) is 16.9. The van der Waals surface area contributed by atoms with Crippen LogP contribution in [-0.2, 0) is 5.41 Å². The monoisotopic (exact) mass is 644 g/mol. The maximum Gasteiger partial charge on any atom is 0.145 e. The number of hydrogen-bond donors (Lipinski definition) is 0. The minimum absolute atomic E-state index is 0.311. The molecule has 0 unspecified atom stereocenters. The molecule has 1 aliphatic carbocycles. The van der Waals surface area contributed by atoms with Crippen molar-refractivity contribution < 1.29 is 8.22 Å². The number of imidazole rings is 1. The molecule has 236 valence electrons. The number of fused-ring (bicyclic) bond motifs is 6. The molecule has 50 heavy (non-hydrogen) atoms. The van der Waals surface area contributed by atoms with E-state index in [4.69, 9.17) is 13.2 Å². The lowest BCUT2D eigenvalue weighted by atomic mass is 9.80. The van der Waals surface area contributed by atoms with Gasteiger partial charge in [0.05, 0.1) is 11.0 Å². The fraction of sp³-hybridized carbons (Fsp3) is 0.0625. The third-order valence-electron chi connectivity index (χ3n) is 10.3. The van der Waals surface area contributed by atoms with E-state index in [9.17, 15) is 0 Å². The summed E-state index contributed by atoms with van der Waals surface area (Å²) in [7, 11) is 0. The van der Waals surface area contributed by atoms with Crippen LogP contribution in [0.5, 0.6) is 0 Å². The van der Waals surface area contributed by atoms with Crippen LogP contribution in [0.4, 0.5) is 0 Å². The second-order valence-electron chi connectivity index (χ2n) is 13.1. The van der Waals surface area contributed by atoms with Crippen molar-refractivity contribution in [1.82, 2.24) is 9.55 Å². The molecule has 0 radical (unpaired) electrons. The number of hydrogen-bond acceptors (Lipinski definition) is 1. The summed E-state index contributed by atoms with van der Waals surface area (Å²) in [5.74, 6) is 0.873. The molecule has 1 aliphatic rings. The molecule has 0 N–H and O–H groups in total. The van der Waals surface area contributed by atoms with Crippen molar-refractivity contribution in [2.75, 3.05) is 0 Å². The lowest BCUT2D eigenvalue weighted by molar-refractivity contribution is 0.660. The smallest absolute Gasteiger partial charge is 0.145 e. The maximum atomic E-state index is 8.78. The van der Waals surface area contributed by atoms with Gasteiger partial charge >= 0.3 is 0 Å². The lowest BCUT2D eigenvalue weighted by Gasteiger charge is -2.23. The summed E-state index contributed by atoms with van der Waals surface area (Å²) in [4.78, 5) is 5.03. The number of rotatable bonds is 4. The molecule has 10 rings (SSSR count). The van der Waals surface area contributed by atoms with Crippen LogP contribution in [0.3, 0.4) is 0 Å². The van der Waals surface area contributed by atoms with Crippen molar-refractivity contribution in [1.29, 1.82) is 0 Å². The third-order valence-corrected chi connectivity index (χ3v) is 10.3. The zero-order chi connectivity index (χ0) is 38.4. The molecular weight excluding hydrogens is 605 g/mol. The van der Waals surface area contributed by atoms with E-state index in [2.05, 4.69) is 71.3 Å². The van der Waals surface area contributed by atoms with Crippen molar-refractivity contribution in [2.24, 2.45) is 0 Å². The van der Waals surface area contributed by atoms with Gasteiger partial charge in [0.25, 0.3) is 0 Å². The summed E-state index contributed by atoms with van der Waals surface area (Å²) in [5, 5.41) is 4.05. The van der Waals surface area contributed by atoms with Crippen molar-refractivity contribution in [2.45, 2.75) is 19.1 Å². The normalized spacial score (nSPS) is 15.4. The van der Waals surface area contributed by atoms with E-state index >= 15 is 0 Å². The van der Waals surface area contributed by atoms with Crippen LogP contribution < -0.4 is 0 Å². The van der Waals surface area contributed by atoms with E-state index in [1.807, 2.05) is 91.0 Å². The maximum absolute atomic E-state index is 8.78. The Morgan fingerprint density at radius 2 is 1.04 bits per heavy atom. The van der Waals surface area contributed by atoms with Gasteiger partial charge in [0.1, 0.15) is 5.82 Å². The molecule has 1 heterocycles.